The first kappa shape index (κ1) is 25.3. The highest BCUT2D eigenvalue weighted by atomic mass is 32.2. The SMILES string of the molecule is CC(C)Sc1nc(N2CCCCC2)c2cnn(CCNC(=O)C(c3ccccc3)c3ccccc3)c2n1. The number of hydrogen-bond donors (Lipinski definition) is 1. The number of rotatable bonds is 9. The fourth-order valence-corrected chi connectivity index (χ4v) is 5.57. The van der Waals surface area contributed by atoms with Gasteiger partial charge in [-0.05, 0) is 30.4 Å². The van der Waals surface area contributed by atoms with Crippen LogP contribution in [0.25, 0.3) is 11.0 Å². The van der Waals surface area contributed by atoms with Gasteiger partial charge < -0.3 is 10.2 Å². The number of amides is 1. The predicted octanol–water partition coefficient (Wildman–Crippen LogP) is 5.27. The van der Waals surface area contributed by atoms with Gasteiger partial charge in [-0.15, -0.1) is 0 Å². The van der Waals surface area contributed by atoms with E-state index in [0.29, 0.717) is 18.3 Å². The minimum Gasteiger partial charge on any atom is -0.356 e. The molecular weight excluding hydrogens is 480 g/mol. The molecule has 8 heteroatoms. The third kappa shape index (κ3) is 5.96. The molecule has 0 radical (unpaired) electrons. The largest absolute Gasteiger partial charge is 0.356 e. The first-order valence-corrected chi connectivity index (χ1v) is 14.0. The second-order valence-corrected chi connectivity index (χ2v) is 11.2. The van der Waals surface area contributed by atoms with Crippen LogP contribution in [0.2, 0.25) is 0 Å². The standard InChI is InChI=1S/C29H34N6OS/c1-21(2)37-29-32-26(34-17-10-5-11-18-34)24-20-31-35(27(24)33-29)19-16-30-28(36)25(22-12-6-3-7-13-22)23-14-8-4-9-15-23/h3-4,6-9,12-15,20-21,25H,5,10-11,16-19H2,1-2H3,(H,30,36). The van der Waals surface area contributed by atoms with E-state index < -0.39 is 0 Å². The topological polar surface area (TPSA) is 75.9 Å². The zero-order valence-electron chi connectivity index (χ0n) is 21.5. The van der Waals surface area contributed by atoms with Gasteiger partial charge in [-0.2, -0.15) is 5.10 Å². The number of carbonyl (C=O) groups excluding carboxylic acids is 1. The number of thioether (sulfide) groups is 1. The van der Waals surface area contributed by atoms with Gasteiger partial charge in [-0.25, -0.2) is 14.6 Å². The third-order valence-corrected chi connectivity index (χ3v) is 7.47. The molecule has 0 aliphatic carbocycles. The minimum absolute atomic E-state index is 0.0199. The Morgan fingerprint density at radius 2 is 1.59 bits per heavy atom. The van der Waals surface area contributed by atoms with E-state index in [1.807, 2.05) is 71.5 Å². The molecule has 1 aliphatic heterocycles. The molecule has 37 heavy (non-hydrogen) atoms. The maximum Gasteiger partial charge on any atom is 0.232 e. The highest BCUT2D eigenvalue weighted by Crippen LogP contribution is 2.30. The molecule has 0 atom stereocenters. The van der Waals surface area contributed by atoms with Crippen LogP contribution in [0.3, 0.4) is 0 Å². The zero-order chi connectivity index (χ0) is 25.6. The Bertz CT molecular complexity index is 1280. The molecular formula is C29H34N6OS. The monoisotopic (exact) mass is 514 g/mol. The van der Waals surface area contributed by atoms with Crippen LogP contribution >= 0.6 is 11.8 Å². The molecule has 1 amide bonds. The number of fused-ring (bicyclic) bond motifs is 1. The second kappa shape index (κ2) is 11.8. The molecule has 1 aliphatic rings. The number of piperidine rings is 1. The fraction of sp³-hybridized carbons (Fsp3) is 0.379. The Labute approximate surface area is 222 Å². The van der Waals surface area contributed by atoms with Crippen molar-refractivity contribution in [3.8, 4) is 0 Å². The first-order chi connectivity index (χ1) is 18.1. The van der Waals surface area contributed by atoms with Crippen molar-refractivity contribution < 1.29 is 4.79 Å². The molecule has 4 aromatic rings. The van der Waals surface area contributed by atoms with E-state index in [0.717, 1.165) is 46.2 Å². The Morgan fingerprint density at radius 3 is 2.22 bits per heavy atom. The van der Waals surface area contributed by atoms with Gasteiger partial charge in [0.15, 0.2) is 10.8 Å². The molecule has 2 aromatic heterocycles. The van der Waals surface area contributed by atoms with Gasteiger partial charge in [-0.3, -0.25) is 4.79 Å². The maximum absolute atomic E-state index is 13.4. The highest BCUT2D eigenvalue weighted by Gasteiger charge is 2.23. The van der Waals surface area contributed by atoms with Gasteiger partial charge in [0.2, 0.25) is 5.91 Å². The van der Waals surface area contributed by atoms with E-state index >= 15 is 0 Å². The van der Waals surface area contributed by atoms with Crippen molar-refractivity contribution >= 4 is 34.5 Å². The molecule has 1 saturated heterocycles. The van der Waals surface area contributed by atoms with Crippen molar-refractivity contribution in [1.29, 1.82) is 0 Å². The van der Waals surface area contributed by atoms with Crippen molar-refractivity contribution in [3.63, 3.8) is 0 Å². The van der Waals surface area contributed by atoms with E-state index in [1.165, 1.54) is 19.3 Å². The number of anilines is 1. The summed E-state index contributed by atoms with van der Waals surface area (Å²) in [5.74, 6) is 0.601. The van der Waals surface area contributed by atoms with Crippen LogP contribution in [0.1, 0.15) is 50.2 Å². The Hall–Kier alpha value is -3.39. The fourth-order valence-electron chi connectivity index (χ4n) is 4.87. The number of aromatic nitrogens is 4. The zero-order valence-corrected chi connectivity index (χ0v) is 22.3. The van der Waals surface area contributed by atoms with Crippen LogP contribution in [0.4, 0.5) is 5.82 Å². The van der Waals surface area contributed by atoms with Gasteiger partial charge in [0.25, 0.3) is 0 Å². The number of benzene rings is 2. The lowest BCUT2D eigenvalue weighted by Crippen LogP contribution is -2.32. The molecule has 0 unspecified atom stereocenters. The van der Waals surface area contributed by atoms with Crippen LogP contribution in [-0.2, 0) is 11.3 Å². The molecule has 1 N–H and O–H groups in total. The summed E-state index contributed by atoms with van der Waals surface area (Å²) in [4.78, 5) is 25.6. The Kier molecular flexibility index (Phi) is 8.04. The van der Waals surface area contributed by atoms with Gasteiger partial charge in [0, 0.05) is 24.9 Å². The molecule has 192 valence electrons. The van der Waals surface area contributed by atoms with Gasteiger partial charge in [-0.1, -0.05) is 86.3 Å². The predicted molar refractivity (Wildman–Crippen MR) is 150 cm³/mol. The van der Waals surface area contributed by atoms with Crippen LogP contribution in [0, 0.1) is 0 Å². The van der Waals surface area contributed by atoms with Crippen molar-refractivity contribution in [3.05, 3.63) is 78.0 Å². The molecule has 5 rings (SSSR count). The van der Waals surface area contributed by atoms with E-state index in [1.54, 1.807) is 11.8 Å². The number of hydrogen-bond acceptors (Lipinski definition) is 6. The average Bonchev–Trinajstić information content (AvgIpc) is 3.32. The molecule has 3 heterocycles. The molecule has 1 fully saturated rings. The summed E-state index contributed by atoms with van der Waals surface area (Å²) in [6, 6.07) is 19.9. The quantitative estimate of drug-likeness (QED) is 0.242. The number of nitrogens with one attached hydrogen (secondary N) is 1. The summed E-state index contributed by atoms with van der Waals surface area (Å²) < 4.78 is 1.90. The van der Waals surface area contributed by atoms with E-state index in [4.69, 9.17) is 9.97 Å². The number of carbonyl (C=O) groups is 1. The van der Waals surface area contributed by atoms with Gasteiger partial charge >= 0.3 is 0 Å². The van der Waals surface area contributed by atoms with Gasteiger partial charge in [0.05, 0.1) is 24.0 Å². The summed E-state index contributed by atoms with van der Waals surface area (Å²) in [5, 5.41) is 9.95. The number of nitrogens with zero attached hydrogens (tertiary/aromatic N) is 5. The van der Waals surface area contributed by atoms with E-state index in [9.17, 15) is 4.79 Å². The molecule has 0 bridgehead atoms. The average molecular weight is 515 g/mol. The van der Waals surface area contributed by atoms with Crippen molar-refractivity contribution in [2.45, 2.75) is 56.0 Å². The summed E-state index contributed by atoms with van der Waals surface area (Å²) in [6.07, 6.45) is 5.51. The van der Waals surface area contributed by atoms with Gasteiger partial charge in [0.1, 0.15) is 5.82 Å². The van der Waals surface area contributed by atoms with E-state index in [-0.39, 0.29) is 11.8 Å². The Balaban J connectivity index is 1.36. The van der Waals surface area contributed by atoms with Crippen LogP contribution in [0.5, 0.6) is 0 Å². The van der Waals surface area contributed by atoms with Crippen LogP contribution in [-0.4, -0.2) is 50.5 Å². The molecule has 7 nitrogen and oxygen atoms in total. The summed E-state index contributed by atoms with van der Waals surface area (Å²) in [5.41, 5.74) is 2.78. The first-order valence-electron chi connectivity index (χ1n) is 13.1. The third-order valence-electron chi connectivity index (χ3n) is 6.60. The smallest absolute Gasteiger partial charge is 0.232 e. The van der Waals surface area contributed by atoms with Crippen LogP contribution < -0.4 is 10.2 Å². The molecule has 0 saturated carbocycles. The summed E-state index contributed by atoms with van der Waals surface area (Å²) in [7, 11) is 0. The minimum atomic E-state index is -0.362. The van der Waals surface area contributed by atoms with Crippen molar-refractivity contribution in [1.82, 2.24) is 25.1 Å². The Morgan fingerprint density at radius 1 is 0.946 bits per heavy atom. The van der Waals surface area contributed by atoms with Crippen molar-refractivity contribution in [2.24, 2.45) is 0 Å². The highest BCUT2D eigenvalue weighted by molar-refractivity contribution is 7.99. The molecule has 2 aromatic carbocycles. The normalized spacial score (nSPS) is 14.0. The summed E-state index contributed by atoms with van der Waals surface area (Å²) in [6.45, 7) is 7.33. The summed E-state index contributed by atoms with van der Waals surface area (Å²) >= 11 is 1.67. The van der Waals surface area contributed by atoms with Crippen LogP contribution in [0.15, 0.2) is 72.0 Å². The lowest BCUT2D eigenvalue weighted by molar-refractivity contribution is -0.121. The lowest BCUT2D eigenvalue weighted by atomic mass is 9.90. The maximum atomic E-state index is 13.4. The van der Waals surface area contributed by atoms with Crippen molar-refractivity contribution in [2.75, 3.05) is 24.5 Å². The lowest BCUT2D eigenvalue weighted by Gasteiger charge is -2.28. The second-order valence-electron chi connectivity index (χ2n) is 9.69. The van der Waals surface area contributed by atoms with E-state index in [2.05, 4.69) is 29.2 Å². The molecule has 0 spiro atoms.